The smallest absolute Gasteiger partial charge is 0.326 e. The Labute approximate surface area is 235 Å². The normalized spacial score (nSPS) is 13.8. The van der Waals surface area contributed by atoms with Crippen molar-refractivity contribution < 1.29 is 39.3 Å². The number of carbonyl (C=O) groups is 5. The fourth-order valence-corrected chi connectivity index (χ4v) is 4.21. The molecular weight excluding hydrogens is 540 g/mol. The van der Waals surface area contributed by atoms with E-state index in [0.29, 0.717) is 11.3 Å². The lowest BCUT2D eigenvalue weighted by Gasteiger charge is -2.25. The van der Waals surface area contributed by atoms with Crippen LogP contribution < -0.4 is 21.7 Å². The Bertz CT molecular complexity index is 1160. The average molecular weight is 575 g/mol. The van der Waals surface area contributed by atoms with Gasteiger partial charge in [0.2, 0.25) is 17.7 Å². The van der Waals surface area contributed by atoms with Crippen molar-refractivity contribution in [3.05, 3.63) is 65.7 Å². The van der Waals surface area contributed by atoms with Crippen molar-refractivity contribution >= 4 is 41.4 Å². The number of phenols is 1. The minimum Gasteiger partial charge on any atom is -0.508 e. The Morgan fingerprint density at radius 2 is 1.32 bits per heavy atom. The lowest BCUT2D eigenvalue weighted by molar-refractivity contribution is -0.147. The van der Waals surface area contributed by atoms with E-state index in [2.05, 4.69) is 16.0 Å². The number of aliphatic carboxylic acids is 2. The van der Waals surface area contributed by atoms with Crippen LogP contribution in [0.1, 0.15) is 24.0 Å². The third-order valence-corrected chi connectivity index (χ3v) is 6.53. The van der Waals surface area contributed by atoms with Gasteiger partial charge in [-0.1, -0.05) is 42.5 Å². The minimum absolute atomic E-state index is 0.0205. The van der Waals surface area contributed by atoms with Crippen LogP contribution in [0.5, 0.6) is 5.75 Å². The van der Waals surface area contributed by atoms with Crippen molar-refractivity contribution in [2.75, 3.05) is 12.0 Å². The molecule has 2 rings (SSSR count). The van der Waals surface area contributed by atoms with Crippen LogP contribution in [0.3, 0.4) is 0 Å². The van der Waals surface area contributed by atoms with Crippen molar-refractivity contribution in [2.45, 2.75) is 49.9 Å². The van der Waals surface area contributed by atoms with E-state index >= 15 is 0 Å². The number of aromatic hydroxyl groups is 1. The van der Waals surface area contributed by atoms with Gasteiger partial charge in [-0.25, -0.2) is 4.79 Å². The number of carboxylic acid groups (broad SMARTS) is 2. The summed E-state index contributed by atoms with van der Waals surface area (Å²) in [5.74, 6) is -4.68. The molecule has 0 radical (unpaired) electrons. The van der Waals surface area contributed by atoms with Gasteiger partial charge in [-0.05, 0) is 48.1 Å². The van der Waals surface area contributed by atoms with Crippen LogP contribution in [0.2, 0.25) is 0 Å². The summed E-state index contributed by atoms with van der Waals surface area (Å²) < 4.78 is 0. The molecule has 2 aromatic rings. The zero-order valence-electron chi connectivity index (χ0n) is 21.9. The SMILES string of the molecule is CSCCC(NC(=O)C(N)Cc1ccccc1)C(=O)NC(Cc1ccc(O)cc1)C(=O)NC(CC(=O)O)C(=O)O. The lowest BCUT2D eigenvalue weighted by Crippen LogP contribution is -2.58. The van der Waals surface area contributed by atoms with Crippen LogP contribution in [0.25, 0.3) is 0 Å². The summed E-state index contributed by atoms with van der Waals surface area (Å²) in [6.07, 6.45) is 1.32. The monoisotopic (exact) mass is 574 g/mol. The number of phenolic OH excluding ortho intramolecular Hbond substituents is 1. The van der Waals surface area contributed by atoms with Crippen LogP contribution in [0, 0.1) is 0 Å². The second kappa shape index (κ2) is 16.1. The first-order valence-electron chi connectivity index (χ1n) is 12.4. The number of hydrogen-bond acceptors (Lipinski definition) is 8. The standard InChI is InChI=1S/C27H34N4O8S/c1-40-12-11-20(29-24(35)19(28)13-16-5-3-2-4-6-16)25(36)30-21(14-17-7-9-18(32)10-8-17)26(37)31-22(27(38)39)15-23(33)34/h2-10,19-22,32H,11-15,28H2,1H3,(H,29,35)(H,30,36)(H,31,37)(H,33,34)(H,38,39). The number of amides is 3. The third kappa shape index (κ3) is 10.9. The maximum atomic E-state index is 13.3. The number of nitrogens with one attached hydrogen (secondary N) is 3. The largest absolute Gasteiger partial charge is 0.508 e. The van der Waals surface area contributed by atoms with E-state index in [1.807, 2.05) is 36.6 Å². The number of nitrogens with two attached hydrogens (primary N) is 1. The molecule has 216 valence electrons. The number of benzene rings is 2. The van der Waals surface area contributed by atoms with Crippen LogP contribution >= 0.6 is 11.8 Å². The Hall–Kier alpha value is -4.10. The molecule has 0 aliphatic carbocycles. The highest BCUT2D eigenvalue weighted by Gasteiger charge is 2.31. The van der Waals surface area contributed by atoms with Crippen molar-refractivity contribution in [3.63, 3.8) is 0 Å². The van der Waals surface area contributed by atoms with Gasteiger partial charge in [0, 0.05) is 6.42 Å². The van der Waals surface area contributed by atoms with Gasteiger partial charge in [0.15, 0.2) is 0 Å². The Balaban J connectivity index is 2.21. The second-order valence-corrected chi connectivity index (χ2v) is 10.1. The molecule has 0 fully saturated rings. The van der Waals surface area contributed by atoms with E-state index in [0.717, 1.165) is 5.56 Å². The topological polar surface area (TPSA) is 208 Å². The summed E-state index contributed by atoms with van der Waals surface area (Å²) in [5.41, 5.74) is 7.44. The first-order chi connectivity index (χ1) is 19.0. The molecule has 8 N–H and O–H groups in total. The molecule has 12 nitrogen and oxygen atoms in total. The lowest BCUT2D eigenvalue weighted by atomic mass is 10.0. The van der Waals surface area contributed by atoms with Crippen molar-refractivity contribution in [1.82, 2.24) is 16.0 Å². The fourth-order valence-electron chi connectivity index (χ4n) is 3.74. The van der Waals surface area contributed by atoms with Gasteiger partial charge in [0.25, 0.3) is 0 Å². The summed E-state index contributed by atoms with van der Waals surface area (Å²) >= 11 is 1.45. The van der Waals surface area contributed by atoms with Gasteiger partial charge in [-0.15, -0.1) is 0 Å². The molecule has 0 aliphatic rings. The molecule has 0 aromatic heterocycles. The number of hydrogen-bond donors (Lipinski definition) is 7. The van der Waals surface area contributed by atoms with Crippen molar-refractivity contribution in [3.8, 4) is 5.75 Å². The molecule has 4 unspecified atom stereocenters. The Morgan fingerprint density at radius 3 is 1.90 bits per heavy atom. The fraction of sp³-hybridized carbons (Fsp3) is 0.370. The Morgan fingerprint density at radius 1 is 0.775 bits per heavy atom. The van der Waals surface area contributed by atoms with Crippen LogP contribution in [-0.4, -0.2) is 81.2 Å². The van der Waals surface area contributed by atoms with Crippen LogP contribution in [-0.2, 0) is 36.8 Å². The molecule has 0 bridgehead atoms. The van der Waals surface area contributed by atoms with E-state index in [1.54, 1.807) is 0 Å². The van der Waals surface area contributed by atoms with Crippen molar-refractivity contribution in [2.24, 2.45) is 5.73 Å². The maximum absolute atomic E-state index is 13.3. The summed E-state index contributed by atoms with van der Waals surface area (Å²) in [4.78, 5) is 61.8. The summed E-state index contributed by atoms with van der Waals surface area (Å²) in [6, 6.07) is 9.89. The Kier molecular flexibility index (Phi) is 12.9. The molecule has 2 aromatic carbocycles. The molecule has 0 heterocycles. The molecular formula is C27H34N4O8S. The highest BCUT2D eigenvalue weighted by atomic mass is 32.2. The molecule has 0 saturated carbocycles. The van der Waals surface area contributed by atoms with Gasteiger partial charge in [-0.3, -0.25) is 19.2 Å². The summed E-state index contributed by atoms with van der Waals surface area (Å²) in [7, 11) is 0. The van der Waals surface area contributed by atoms with E-state index in [1.165, 1.54) is 36.0 Å². The minimum atomic E-state index is -1.73. The van der Waals surface area contributed by atoms with Crippen LogP contribution in [0.15, 0.2) is 54.6 Å². The number of carboxylic acids is 2. The summed E-state index contributed by atoms with van der Waals surface area (Å²) in [5, 5.41) is 35.3. The van der Waals surface area contributed by atoms with E-state index in [9.17, 15) is 34.2 Å². The summed E-state index contributed by atoms with van der Waals surface area (Å²) in [6.45, 7) is 0. The maximum Gasteiger partial charge on any atom is 0.326 e. The molecule has 0 saturated heterocycles. The molecule has 3 amide bonds. The predicted molar refractivity (Wildman–Crippen MR) is 149 cm³/mol. The molecule has 0 spiro atoms. The number of carbonyl (C=O) groups excluding carboxylic acids is 3. The van der Waals surface area contributed by atoms with E-state index in [4.69, 9.17) is 10.8 Å². The second-order valence-electron chi connectivity index (χ2n) is 9.07. The van der Waals surface area contributed by atoms with Gasteiger partial charge in [-0.2, -0.15) is 11.8 Å². The zero-order chi connectivity index (χ0) is 29.7. The highest BCUT2D eigenvalue weighted by molar-refractivity contribution is 7.98. The highest BCUT2D eigenvalue weighted by Crippen LogP contribution is 2.13. The molecule has 40 heavy (non-hydrogen) atoms. The van der Waals surface area contributed by atoms with Gasteiger partial charge < -0.3 is 37.0 Å². The third-order valence-electron chi connectivity index (χ3n) is 5.88. The van der Waals surface area contributed by atoms with Crippen LogP contribution in [0.4, 0.5) is 0 Å². The van der Waals surface area contributed by atoms with Gasteiger partial charge in [0.05, 0.1) is 12.5 Å². The van der Waals surface area contributed by atoms with Crippen molar-refractivity contribution in [1.29, 1.82) is 0 Å². The first kappa shape index (κ1) is 32.1. The first-order valence-corrected chi connectivity index (χ1v) is 13.8. The molecule has 13 heteroatoms. The number of thioether (sulfide) groups is 1. The van der Waals surface area contributed by atoms with Gasteiger partial charge >= 0.3 is 11.9 Å². The average Bonchev–Trinajstić information content (AvgIpc) is 2.91. The predicted octanol–water partition coefficient (Wildman–Crippen LogP) is 0.272. The quantitative estimate of drug-likeness (QED) is 0.146. The zero-order valence-corrected chi connectivity index (χ0v) is 22.7. The molecule has 0 aliphatic heterocycles. The number of rotatable bonds is 16. The van der Waals surface area contributed by atoms with Gasteiger partial charge in [0.1, 0.15) is 23.9 Å². The van der Waals surface area contributed by atoms with E-state index in [-0.39, 0.29) is 25.0 Å². The molecule has 4 atom stereocenters. The van der Waals surface area contributed by atoms with E-state index < -0.39 is 60.2 Å².